The number of sulfonamides is 2. The minimum Gasteiger partial charge on any atom is -0.278 e. The van der Waals surface area contributed by atoms with Crippen LogP contribution in [-0.4, -0.2) is 29.1 Å². The fraction of sp³-hybridized carbons (Fsp3) is 0.235. The zero-order valence-corrected chi connectivity index (χ0v) is 15.4. The average molecular weight is 391 g/mol. The molecule has 0 atom stereocenters. The first-order chi connectivity index (χ1) is 12.3. The average Bonchev–Trinajstić information content (AvgIpc) is 2.62. The van der Waals surface area contributed by atoms with Gasteiger partial charge in [-0.1, -0.05) is 12.1 Å². The number of anilines is 2. The van der Waals surface area contributed by atoms with Crippen molar-refractivity contribution in [1.29, 1.82) is 5.26 Å². The summed E-state index contributed by atoms with van der Waals surface area (Å²) in [5.41, 5.74) is 0.853. The number of rotatable bonds is 4. The Hall–Kier alpha value is -2.57. The topological polar surface area (TPSA) is 107 Å². The van der Waals surface area contributed by atoms with Gasteiger partial charge in [0.1, 0.15) is 6.07 Å². The van der Waals surface area contributed by atoms with Crippen LogP contribution in [0.15, 0.2) is 53.4 Å². The predicted molar refractivity (Wildman–Crippen MR) is 98.8 cm³/mol. The third kappa shape index (κ3) is 3.66. The molecule has 2 aromatic carbocycles. The molecule has 0 aromatic heterocycles. The molecule has 3 rings (SSSR count). The van der Waals surface area contributed by atoms with Gasteiger partial charge in [-0.15, -0.1) is 0 Å². The summed E-state index contributed by atoms with van der Waals surface area (Å²) < 4.78 is 53.0. The molecule has 9 heteroatoms. The molecule has 1 N–H and O–H groups in total. The lowest BCUT2D eigenvalue weighted by molar-refractivity contribution is 0.574. The van der Waals surface area contributed by atoms with Crippen LogP contribution in [-0.2, 0) is 20.0 Å². The predicted octanol–water partition coefficient (Wildman–Crippen LogP) is 2.29. The molecular weight excluding hydrogens is 374 g/mol. The fourth-order valence-electron chi connectivity index (χ4n) is 2.74. The Morgan fingerprint density at radius 2 is 1.73 bits per heavy atom. The summed E-state index contributed by atoms with van der Waals surface area (Å²) in [5, 5.41) is 9.07. The van der Waals surface area contributed by atoms with E-state index in [0.29, 0.717) is 18.7 Å². The van der Waals surface area contributed by atoms with Gasteiger partial charge in [-0.05, 0) is 49.2 Å². The van der Waals surface area contributed by atoms with E-state index in [9.17, 15) is 16.8 Å². The Kier molecular flexibility index (Phi) is 4.89. The Labute approximate surface area is 153 Å². The standard InChI is InChI=1S/C17H17N3O4S2/c18-13-14-5-1-2-6-17(14)19-26(23,24)16-9-7-15(8-10-16)20-11-3-4-12-25(20,21)22/h1-2,5-10,19H,3-4,11-12H2. The third-order valence-electron chi connectivity index (χ3n) is 4.08. The summed E-state index contributed by atoms with van der Waals surface area (Å²) in [6, 6.07) is 13.9. The van der Waals surface area contributed by atoms with Crippen LogP contribution >= 0.6 is 0 Å². The van der Waals surface area contributed by atoms with Crippen molar-refractivity contribution in [3.8, 4) is 6.07 Å². The smallest absolute Gasteiger partial charge is 0.261 e. The molecule has 2 aromatic rings. The number of hydrogen-bond donors (Lipinski definition) is 1. The molecule has 1 aliphatic rings. The van der Waals surface area contributed by atoms with E-state index in [4.69, 9.17) is 5.26 Å². The molecule has 0 radical (unpaired) electrons. The summed E-state index contributed by atoms with van der Waals surface area (Å²) in [7, 11) is -7.24. The number of para-hydroxylation sites is 1. The van der Waals surface area contributed by atoms with Crippen molar-refractivity contribution in [2.75, 3.05) is 21.3 Å². The Morgan fingerprint density at radius 1 is 1.04 bits per heavy atom. The van der Waals surface area contributed by atoms with E-state index in [-0.39, 0.29) is 21.9 Å². The second-order valence-electron chi connectivity index (χ2n) is 5.85. The first-order valence-electron chi connectivity index (χ1n) is 7.96. The summed E-state index contributed by atoms with van der Waals surface area (Å²) in [4.78, 5) is -0.0107. The van der Waals surface area contributed by atoms with E-state index in [2.05, 4.69) is 4.72 Å². The molecule has 136 valence electrons. The Balaban J connectivity index is 1.87. The Morgan fingerprint density at radius 3 is 2.38 bits per heavy atom. The molecule has 1 aliphatic heterocycles. The fourth-order valence-corrected chi connectivity index (χ4v) is 5.46. The van der Waals surface area contributed by atoms with Crippen molar-refractivity contribution in [2.24, 2.45) is 0 Å². The van der Waals surface area contributed by atoms with Crippen molar-refractivity contribution in [3.05, 3.63) is 54.1 Å². The summed E-state index contributed by atoms with van der Waals surface area (Å²) in [6.45, 7) is 0.391. The zero-order chi connectivity index (χ0) is 18.8. The van der Waals surface area contributed by atoms with Crippen LogP contribution in [0.3, 0.4) is 0 Å². The van der Waals surface area contributed by atoms with Crippen molar-refractivity contribution in [2.45, 2.75) is 17.7 Å². The first kappa shape index (κ1) is 18.2. The van der Waals surface area contributed by atoms with E-state index in [1.54, 1.807) is 12.1 Å². The van der Waals surface area contributed by atoms with Gasteiger partial charge in [-0.3, -0.25) is 9.03 Å². The lowest BCUT2D eigenvalue weighted by Gasteiger charge is -2.28. The number of nitrogens with zero attached hydrogens (tertiary/aromatic N) is 2. The van der Waals surface area contributed by atoms with Gasteiger partial charge in [0.25, 0.3) is 10.0 Å². The molecule has 0 unspecified atom stereocenters. The van der Waals surface area contributed by atoms with Gasteiger partial charge >= 0.3 is 0 Å². The van der Waals surface area contributed by atoms with Gasteiger partial charge in [-0.2, -0.15) is 5.26 Å². The van der Waals surface area contributed by atoms with Gasteiger partial charge in [0.15, 0.2) is 0 Å². The van der Waals surface area contributed by atoms with E-state index < -0.39 is 20.0 Å². The second kappa shape index (κ2) is 6.97. The second-order valence-corrected chi connectivity index (χ2v) is 9.55. The van der Waals surface area contributed by atoms with Crippen LogP contribution < -0.4 is 9.03 Å². The van der Waals surface area contributed by atoms with Crippen LogP contribution in [0.2, 0.25) is 0 Å². The van der Waals surface area contributed by atoms with Gasteiger partial charge in [0.2, 0.25) is 10.0 Å². The monoisotopic (exact) mass is 391 g/mol. The van der Waals surface area contributed by atoms with Crippen LogP contribution in [0.4, 0.5) is 11.4 Å². The van der Waals surface area contributed by atoms with Crippen LogP contribution in [0.25, 0.3) is 0 Å². The molecular formula is C17H17N3O4S2. The summed E-state index contributed by atoms with van der Waals surface area (Å²) >= 11 is 0. The third-order valence-corrected chi connectivity index (χ3v) is 7.33. The van der Waals surface area contributed by atoms with Crippen molar-refractivity contribution >= 4 is 31.4 Å². The minimum absolute atomic E-state index is 0.0107. The van der Waals surface area contributed by atoms with Gasteiger partial charge in [-0.25, -0.2) is 16.8 Å². The molecule has 1 fully saturated rings. The van der Waals surface area contributed by atoms with Gasteiger partial charge < -0.3 is 0 Å². The summed E-state index contributed by atoms with van der Waals surface area (Å²) in [6.07, 6.45) is 1.40. The molecule has 0 bridgehead atoms. The van der Waals surface area contributed by atoms with Gasteiger partial charge in [0.05, 0.1) is 27.6 Å². The quantitative estimate of drug-likeness (QED) is 0.860. The summed E-state index contributed by atoms with van der Waals surface area (Å²) in [5.74, 6) is 0.0968. The highest BCUT2D eigenvalue weighted by molar-refractivity contribution is 7.93. The van der Waals surface area contributed by atoms with Crippen molar-refractivity contribution in [1.82, 2.24) is 0 Å². The van der Waals surface area contributed by atoms with Gasteiger partial charge in [0, 0.05) is 6.54 Å². The number of nitriles is 1. The molecule has 0 aliphatic carbocycles. The first-order valence-corrected chi connectivity index (χ1v) is 11.1. The van der Waals surface area contributed by atoms with E-state index in [1.165, 1.54) is 40.7 Å². The highest BCUT2D eigenvalue weighted by Gasteiger charge is 2.26. The zero-order valence-electron chi connectivity index (χ0n) is 13.8. The maximum absolute atomic E-state index is 12.5. The van der Waals surface area contributed by atoms with Crippen LogP contribution in [0, 0.1) is 11.3 Å². The van der Waals surface area contributed by atoms with E-state index in [1.807, 2.05) is 6.07 Å². The molecule has 0 spiro atoms. The van der Waals surface area contributed by atoms with Crippen LogP contribution in [0.5, 0.6) is 0 Å². The van der Waals surface area contributed by atoms with E-state index >= 15 is 0 Å². The minimum atomic E-state index is -3.89. The Bertz CT molecular complexity index is 1060. The molecule has 0 saturated carbocycles. The maximum atomic E-state index is 12.5. The number of benzene rings is 2. The molecule has 7 nitrogen and oxygen atoms in total. The number of hydrogen-bond acceptors (Lipinski definition) is 5. The number of nitrogens with one attached hydrogen (secondary N) is 1. The molecule has 26 heavy (non-hydrogen) atoms. The lowest BCUT2D eigenvalue weighted by Crippen LogP contribution is -2.37. The highest BCUT2D eigenvalue weighted by atomic mass is 32.2. The molecule has 1 saturated heterocycles. The highest BCUT2D eigenvalue weighted by Crippen LogP contribution is 2.26. The van der Waals surface area contributed by atoms with E-state index in [0.717, 1.165) is 6.42 Å². The van der Waals surface area contributed by atoms with Crippen molar-refractivity contribution in [3.63, 3.8) is 0 Å². The lowest BCUT2D eigenvalue weighted by atomic mass is 10.2. The maximum Gasteiger partial charge on any atom is 0.261 e. The normalized spacial score (nSPS) is 16.7. The molecule has 0 amide bonds. The largest absolute Gasteiger partial charge is 0.278 e. The van der Waals surface area contributed by atoms with Crippen LogP contribution in [0.1, 0.15) is 18.4 Å². The molecule has 1 heterocycles. The SMILES string of the molecule is N#Cc1ccccc1NS(=O)(=O)c1ccc(N2CCCCS2(=O)=O)cc1. The van der Waals surface area contributed by atoms with Crippen molar-refractivity contribution < 1.29 is 16.8 Å².